The summed E-state index contributed by atoms with van der Waals surface area (Å²) in [6.45, 7) is 0. The minimum Gasteiger partial charge on any atom is -0.340 e. The molecule has 0 saturated heterocycles. The number of amides is 2. The van der Waals surface area contributed by atoms with Crippen LogP contribution in [0.3, 0.4) is 0 Å². The number of carbonyl (C=O) groups is 1. The van der Waals surface area contributed by atoms with Crippen LogP contribution in [-0.4, -0.2) is 63.0 Å². The maximum atomic E-state index is 10.7. The van der Waals surface area contributed by atoms with Crippen molar-refractivity contribution in [2.24, 2.45) is 0 Å². The quantitative estimate of drug-likeness (QED) is 0.376. The van der Waals surface area contributed by atoms with Gasteiger partial charge in [0.05, 0.1) is 0 Å². The minimum atomic E-state index is -0.410. The first kappa shape index (κ1) is 11.7. The van der Waals surface area contributed by atoms with Gasteiger partial charge in [0, 0.05) is 36.6 Å². The Morgan fingerprint density at radius 2 is 2.33 bits per heavy atom. The molecule has 0 fully saturated rings. The molecule has 0 aliphatic heterocycles. The van der Waals surface area contributed by atoms with Crippen LogP contribution in [0, 0.1) is 0 Å². The number of carbonyl (C=O) groups excluding carboxylic acids is 1. The van der Waals surface area contributed by atoms with Crippen LogP contribution in [0.25, 0.3) is 0 Å². The van der Waals surface area contributed by atoms with Gasteiger partial charge in [-0.25, -0.2) is 10.2 Å². The average Bonchev–Trinajstić information content (AvgIpc) is 2.37. The molecule has 0 spiro atoms. The van der Waals surface area contributed by atoms with Crippen molar-refractivity contribution >= 4 is 48.2 Å². The summed E-state index contributed by atoms with van der Waals surface area (Å²) in [5.74, 6) is 0. The molecule has 2 amide bonds. The molecule has 1 aromatic rings. The second kappa shape index (κ2) is 5.36. The number of hydrogen-bond acceptors (Lipinski definition) is 5. The molecule has 0 atom stereocenters. The predicted octanol–water partition coefficient (Wildman–Crippen LogP) is -1.54. The summed E-state index contributed by atoms with van der Waals surface area (Å²) in [5, 5.41) is 12.6. The Bertz CT molecular complexity index is 263. The molecule has 1 heterocycles. The number of aromatic nitrogens is 4. The average molecular weight is 197 g/mol. The molecule has 12 heavy (non-hydrogen) atoms. The first-order valence-corrected chi connectivity index (χ1v) is 3.15. The molecule has 1 rings (SSSR count). The number of tetrazole rings is 1. The third-order valence-corrected chi connectivity index (χ3v) is 1.17. The molecule has 2 N–H and O–H groups in total. The number of thiol groups is 1. The van der Waals surface area contributed by atoms with Crippen molar-refractivity contribution in [2.75, 3.05) is 12.5 Å². The van der Waals surface area contributed by atoms with Crippen molar-refractivity contribution in [3.05, 3.63) is 0 Å². The molecule has 7 nitrogen and oxygen atoms in total. The third kappa shape index (κ3) is 2.97. The Labute approximate surface area is 95.9 Å². The monoisotopic (exact) mass is 197 g/mol. The Hall–Kier alpha value is -0.310. The van der Waals surface area contributed by atoms with Crippen molar-refractivity contribution in [1.82, 2.24) is 25.6 Å². The normalized spacial score (nSPS) is 8.50. The van der Waals surface area contributed by atoms with E-state index in [0.29, 0.717) is 0 Å². The molecule has 0 aliphatic rings. The fourth-order valence-corrected chi connectivity index (χ4v) is 0.537. The van der Waals surface area contributed by atoms with E-state index in [9.17, 15) is 4.79 Å². The van der Waals surface area contributed by atoms with Crippen molar-refractivity contribution in [2.45, 2.75) is 5.16 Å². The minimum absolute atomic E-state index is 0. The topological polar surface area (TPSA) is 84.7 Å². The van der Waals surface area contributed by atoms with E-state index in [-0.39, 0.29) is 34.7 Å². The van der Waals surface area contributed by atoms with E-state index in [2.05, 4.69) is 38.9 Å². The van der Waals surface area contributed by atoms with Gasteiger partial charge in [-0.3, -0.25) is 0 Å². The molecule has 0 saturated carbocycles. The standard InChI is InChI=1S/C3H6N6OS.Na/c1-4-2(10)6-9-3(11)5-7-8-9;/h1H3,(H2,4,6,10)(H,5,8,11);. The molecule has 0 bridgehead atoms. The fraction of sp³-hybridized carbons (Fsp3) is 0.333. The first-order chi connectivity index (χ1) is 5.24. The zero-order valence-electron chi connectivity index (χ0n) is 6.64. The number of urea groups is 1. The molecule has 1 radical (unpaired) electrons. The van der Waals surface area contributed by atoms with Gasteiger partial charge in [0.1, 0.15) is 0 Å². The van der Waals surface area contributed by atoms with Crippen LogP contribution >= 0.6 is 12.6 Å². The Balaban J connectivity index is 0.00000121. The Morgan fingerprint density at radius 1 is 1.67 bits per heavy atom. The van der Waals surface area contributed by atoms with Crippen molar-refractivity contribution in [3.8, 4) is 0 Å². The third-order valence-electron chi connectivity index (χ3n) is 0.888. The van der Waals surface area contributed by atoms with Gasteiger partial charge in [-0.15, -0.1) is 4.79 Å². The van der Waals surface area contributed by atoms with E-state index in [1.807, 2.05) is 0 Å². The maximum absolute atomic E-state index is 10.7. The van der Waals surface area contributed by atoms with Gasteiger partial charge in [-0.05, 0) is 10.4 Å². The van der Waals surface area contributed by atoms with Gasteiger partial charge in [0.15, 0.2) is 0 Å². The molecule has 9 heteroatoms. The van der Waals surface area contributed by atoms with E-state index < -0.39 is 6.03 Å². The molecule has 0 unspecified atom stereocenters. The van der Waals surface area contributed by atoms with Crippen molar-refractivity contribution < 1.29 is 4.79 Å². The van der Waals surface area contributed by atoms with Crippen LogP contribution < -0.4 is 10.7 Å². The predicted molar refractivity (Wildman–Crippen MR) is 44.6 cm³/mol. The van der Waals surface area contributed by atoms with Crippen LogP contribution in [0.4, 0.5) is 4.79 Å². The number of nitrogens with one attached hydrogen (secondary N) is 2. The molecular formula is C3H6N6NaOS. The van der Waals surface area contributed by atoms with E-state index in [1.54, 1.807) is 0 Å². The van der Waals surface area contributed by atoms with Gasteiger partial charge in [0.2, 0.25) is 5.16 Å². The molecule has 0 aromatic carbocycles. The Morgan fingerprint density at radius 3 is 2.75 bits per heavy atom. The number of nitrogens with zero attached hydrogens (tertiary/aromatic N) is 4. The fourth-order valence-electron chi connectivity index (χ4n) is 0.407. The summed E-state index contributed by atoms with van der Waals surface area (Å²) in [7, 11) is 1.48. The van der Waals surface area contributed by atoms with Gasteiger partial charge in [-0.2, -0.15) is 0 Å². The smallest absolute Gasteiger partial charge is 0.335 e. The molecule has 0 aliphatic carbocycles. The summed E-state index contributed by atoms with van der Waals surface area (Å²) >= 11 is 3.85. The van der Waals surface area contributed by atoms with Gasteiger partial charge in [-0.1, -0.05) is 17.7 Å². The second-order valence-corrected chi connectivity index (χ2v) is 1.98. The zero-order valence-corrected chi connectivity index (χ0v) is 9.54. The second-order valence-electron chi connectivity index (χ2n) is 1.58. The van der Waals surface area contributed by atoms with E-state index in [4.69, 9.17) is 0 Å². The molecule has 1 aromatic heterocycles. The van der Waals surface area contributed by atoms with E-state index in [0.717, 1.165) is 4.79 Å². The summed E-state index contributed by atoms with van der Waals surface area (Å²) in [4.78, 5) is 11.7. The summed E-state index contributed by atoms with van der Waals surface area (Å²) in [5.41, 5.74) is 2.29. The van der Waals surface area contributed by atoms with Crippen molar-refractivity contribution in [1.29, 1.82) is 0 Å². The molecular weight excluding hydrogens is 191 g/mol. The van der Waals surface area contributed by atoms with E-state index >= 15 is 0 Å². The van der Waals surface area contributed by atoms with Crippen molar-refractivity contribution in [3.63, 3.8) is 0 Å². The van der Waals surface area contributed by atoms with Crippen LogP contribution in [0.15, 0.2) is 5.16 Å². The van der Waals surface area contributed by atoms with Gasteiger partial charge in [0.25, 0.3) is 0 Å². The number of hydrogen-bond donors (Lipinski definition) is 3. The van der Waals surface area contributed by atoms with Gasteiger partial charge < -0.3 is 5.32 Å². The van der Waals surface area contributed by atoms with Crippen LogP contribution in [0.2, 0.25) is 0 Å². The summed E-state index contributed by atoms with van der Waals surface area (Å²) in [6, 6.07) is -0.410. The summed E-state index contributed by atoms with van der Waals surface area (Å²) < 4.78 is 0. The van der Waals surface area contributed by atoms with Crippen LogP contribution in [0.5, 0.6) is 0 Å². The summed E-state index contributed by atoms with van der Waals surface area (Å²) in [6.07, 6.45) is 0. The molecule has 61 valence electrons. The largest absolute Gasteiger partial charge is 0.340 e. The van der Waals surface area contributed by atoms with Crippen LogP contribution in [0.1, 0.15) is 0 Å². The maximum Gasteiger partial charge on any atom is 0.335 e. The Kier molecular flexibility index (Phi) is 5.22. The SMILES string of the molecule is CNC(=O)Nn1nnnc1S.[Na]. The zero-order chi connectivity index (χ0) is 8.27. The van der Waals surface area contributed by atoms with Crippen LogP contribution in [-0.2, 0) is 0 Å². The first-order valence-electron chi connectivity index (χ1n) is 2.70. The van der Waals surface area contributed by atoms with E-state index in [1.165, 1.54) is 7.05 Å². The number of rotatable bonds is 1. The van der Waals surface area contributed by atoms with Gasteiger partial charge >= 0.3 is 6.03 Å².